The van der Waals surface area contributed by atoms with Gasteiger partial charge >= 0.3 is 19.8 Å². The minimum absolute atomic E-state index is 0.0377. The number of phosphoric ester groups is 1. The lowest BCUT2D eigenvalue weighted by Gasteiger charge is -2.19. The summed E-state index contributed by atoms with van der Waals surface area (Å²) in [6, 6.07) is 0. The van der Waals surface area contributed by atoms with Gasteiger partial charge in [-0.1, -0.05) is 260 Å². The van der Waals surface area contributed by atoms with Crippen LogP contribution in [0.15, 0.2) is 194 Å². The van der Waals surface area contributed by atoms with E-state index in [4.69, 9.17) is 24.3 Å². The Hall–Kier alpha value is -5.15. The molecule has 0 amide bonds. The van der Waals surface area contributed by atoms with E-state index in [9.17, 15) is 19.0 Å². The lowest BCUT2D eigenvalue weighted by Crippen LogP contribution is -2.29. The molecule has 0 aromatic heterocycles. The Balaban J connectivity index is 4.05. The molecule has 0 spiro atoms. The first-order valence-electron chi connectivity index (χ1n) is 31.9. The molecule has 0 aliphatic carbocycles. The van der Waals surface area contributed by atoms with Crippen molar-refractivity contribution in [3.05, 3.63) is 194 Å². The van der Waals surface area contributed by atoms with Gasteiger partial charge in [0.2, 0.25) is 0 Å². The zero-order valence-corrected chi connectivity index (χ0v) is 52.7. The molecule has 0 aromatic carbocycles. The number of ether oxygens (including phenoxy) is 2. The predicted octanol–water partition coefficient (Wildman–Crippen LogP) is 21.0. The van der Waals surface area contributed by atoms with Crippen LogP contribution in [0.3, 0.4) is 0 Å². The first kappa shape index (κ1) is 77.9. The van der Waals surface area contributed by atoms with Crippen molar-refractivity contribution in [3.8, 4) is 0 Å². The summed E-state index contributed by atoms with van der Waals surface area (Å²) in [6.07, 6.45) is 101. The third-order valence-corrected chi connectivity index (χ3v) is 13.5. The van der Waals surface area contributed by atoms with Crippen molar-refractivity contribution in [3.63, 3.8) is 0 Å². The van der Waals surface area contributed by atoms with Gasteiger partial charge in [0.25, 0.3) is 0 Å². The van der Waals surface area contributed by atoms with Gasteiger partial charge < -0.3 is 20.1 Å². The van der Waals surface area contributed by atoms with E-state index in [1.807, 2.05) is 0 Å². The van der Waals surface area contributed by atoms with Gasteiger partial charge in [-0.2, -0.15) is 0 Å². The molecule has 0 bridgehead atoms. The molecule has 0 aromatic rings. The van der Waals surface area contributed by atoms with Crippen LogP contribution in [-0.2, 0) is 32.7 Å². The maximum absolute atomic E-state index is 12.7. The first-order valence-corrected chi connectivity index (χ1v) is 33.4. The smallest absolute Gasteiger partial charge is 0.462 e. The van der Waals surface area contributed by atoms with Crippen LogP contribution in [0.25, 0.3) is 0 Å². The number of carbonyl (C=O) groups excluding carboxylic acids is 2. The summed E-state index contributed by atoms with van der Waals surface area (Å²) < 4.78 is 33.0. The van der Waals surface area contributed by atoms with E-state index >= 15 is 0 Å². The highest BCUT2D eigenvalue weighted by molar-refractivity contribution is 7.47. The molecule has 0 saturated heterocycles. The van der Waals surface area contributed by atoms with Crippen LogP contribution in [0.5, 0.6) is 0 Å². The number of phosphoric acid groups is 1. The fourth-order valence-electron chi connectivity index (χ4n) is 7.84. The van der Waals surface area contributed by atoms with Gasteiger partial charge in [0.1, 0.15) is 6.61 Å². The molecule has 0 saturated carbocycles. The third-order valence-electron chi connectivity index (χ3n) is 12.5. The molecule has 2 unspecified atom stereocenters. The molecule has 464 valence electrons. The summed E-state index contributed by atoms with van der Waals surface area (Å²) in [5.41, 5.74) is 5.38. The number of hydrogen-bond donors (Lipinski definition) is 2. The minimum Gasteiger partial charge on any atom is -0.462 e. The van der Waals surface area contributed by atoms with E-state index in [-0.39, 0.29) is 32.6 Å². The third kappa shape index (κ3) is 65.9. The number of carbonyl (C=O) groups is 2. The SMILES string of the molecule is CC/C=C\C/C=C\C/C=C\C/C=C\C/C=C\C/C=C\C/C=C\C/C=C\C/C=C\C/C=C\C/C=C\CCCCCCCCCC(=O)OC(COC(=O)CCCCCCC/C=C\C/C=C\C/C=C\C/C=C\C/C=C\CC)COP(=O)(O)OCCN. The van der Waals surface area contributed by atoms with Crippen molar-refractivity contribution in [2.24, 2.45) is 5.73 Å². The average Bonchev–Trinajstić information content (AvgIpc) is 3.49. The van der Waals surface area contributed by atoms with Crippen molar-refractivity contribution >= 4 is 19.8 Å². The van der Waals surface area contributed by atoms with Gasteiger partial charge in [0.05, 0.1) is 13.2 Å². The molecule has 0 aliphatic heterocycles. The molecule has 0 radical (unpaired) electrons. The maximum Gasteiger partial charge on any atom is 0.472 e. The lowest BCUT2D eigenvalue weighted by molar-refractivity contribution is -0.161. The Kier molecular flexibility index (Phi) is 61.9. The van der Waals surface area contributed by atoms with E-state index in [2.05, 4.69) is 208 Å². The fraction of sp³-hybridized carbons (Fsp3) is 0.534. The maximum atomic E-state index is 12.7. The lowest BCUT2D eigenvalue weighted by atomic mass is 10.1. The molecule has 0 aliphatic rings. The number of rotatable bonds is 57. The van der Waals surface area contributed by atoms with Crippen LogP contribution in [-0.4, -0.2) is 49.3 Å². The van der Waals surface area contributed by atoms with Gasteiger partial charge in [-0.05, 0) is 141 Å². The predicted molar refractivity (Wildman–Crippen MR) is 357 cm³/mol. The van der Waals surface area contributed by atoms with Crippen molar-refractivity contribution in [2.45, 2.75) is 225 Å². The highest BCUT2D eigenvalue weighted by Gasteiger charge is 2.26. The Morgan fingerprint density at radius 2 is 0.627 bits per heavy atom. The first-order chi connectivity index (χ1) is 40.8. The monoisotopic (exact) mass is 1160 g/mol. The number of esters is 2. The quantitative estimate of drug-likeness (QED) is 0.0264. The largest absolute Gasteiger partial charge is 0.472 e. The van der Waals surface area contributed by atoms with Crippen LogP contribution in [0.1, 0.15) is 219 Å². The highest BCUT2D eigenvalue weighted by Crippen LogP contribution is 2.43. The second-order valence-corrected chi connectivity index (χ2v) is 21.6. The molecule has 10 heteroatoms. The van der Waals surface area contributed by atoms with Crippen molar-refractivity contribution in [2.75, 3.05) is 26.4 Å². The van der Waals surface area contributed by atoms with Crippen LogP contribution in [0.4, 0.5) is 0 Å². The molecule has 0 rings (SSSR count). The zero-order chi connectivity index (χ0) is 60.1. The summed E-state index contributed by atoms with van der Waals surface area (Å²) in [7, 11) is -4.41. The van der Waals surface area contributed by atoms with E-state index in [1.165, 1.54) is 12.8 Å². The number of nitrogens with two attached hydrogens (primary N) is 1. The van der Waals surface area contributed by atoms with E-state index in [0.717, 1.165) is 167 Å². The van der Waals surface area contributed by atoms with Crippen LogP contribution in [0.2, 0.25) is 0 Å². The Morgan fingerprint density at radius 1 is 0.361 bits per heavy atom. The molecule has 9 nitrogen and oxygen atoms in total. The average molecular weight is 1160 g/mol. The molecule has 2 atom stereocenters. The van der Waals surface area contributed by atoms with Gasteiger partial charge in [-0.25, -0.2) is 4.57 Å². The summed E-state index contributed by atoms with van der Waals surface area (Å²) in [6.45, 7) is 3.45. The van der Waals surface area contributed by atoms with E-state index < -0.39 is 32.5 Å². The van der Waals surface area contributed by atoms with E-state index in [0.29, 0.717) is 12.8 Å². The Labute approximate surface area is 506 Å². The minimum atomic E-state index is -4.41. The Morgan fingerprint density at radius 3 is 0.928 bits per heavy atom. The molecule has 0 fully saturated rings. The number of unbranched alkanes of at least 4 members (excludes halogenated alkanes) is 12. The second kappa shape index (κ2) is 66.0. The Bertz CT molecular complexity index is 2060. The standard InChI is InChI=1S/C73H114NO8P/c1-3-5-7-9-11-13-15-17-19-21-23-25-26-27-28-29-30-31-32-33-34-35-36-37-38-39-40-41-42-43-44-46-48-50-52-54-56-58-60-62-64-66-73(76)82-71(70-81-83(77,78)80-68-67-74)69-79-72(75)65-63-61-59-57-55-53-51-49-47-45-24-22-20-18-16-14-12-10-8-6-4-2/h5-8,11-14,17-20,23-25,27-28,30-31,33-34,36-37,39-40,42-43,45-46,48-49,51,71H,3-4,9-10,15-16,21-22,26,29,32,35,38,41,44,47,50,52-70,74H2,1-2H3,(H,77,78)/b7-5-,8-6-,13-11-,14-12-,19-17-,20-18-,25-23-,28-27-,31-30-,34-33-,37-36-,40-39-,43-42-,45-24-,48-46-,51-49-. The van der Waals surface area contributed by atoms with Crippen molar-refractivity contribution in [1.82, 2.24) is 0 Å². The van der Waals surface area contributed by atoms with Crippen molar-refractivity contribution < 1.29 is 37.6 Å². The fourth-order valence-corrected chi connectivity index (χ4v) is 8.61. The van der Waals surface area contributed by atoms with E-state index in [1.54, 1.807) is 0 Å². The second-order valence-electron chi connectivity index (χ2n) is 20.2. The van der Waals surface area contributed by atoms with Crippen molar-refractivity contribution in [1.29, 1.82) is 0 Å². The normalized spacial score (nSPS) is 14.3. The van der Waals surface area contributed by atoms with Crippen LogP contribution < -0.4 is 5.73 Å². The van der Waals surface area contributed by atoms with Crippen LogP contribution >= 0.6 is 7.82 Å². The molecular weight excluding hydrogens is 1050 g/mol. The molecule has 83 heavy (non-hydrogen) atoms. The van der Waals surface area contributed by atoms with Crippen LogP contribution in [0, 0.1) is 0 Å². The van der Waals surface area contributed by atoms with Gasteiger partial charge in [-0.3, -0.25) is 18.6 Å². The summed E-state index contributed by atoms with van der Waals surface area (Å²) in [5, 5.41) is 0. The van der Waals surface area contributed by atoms with Gasteiger partial charge in [0, 0.05) is 19.4 Å². The summed E-state index contributed by atoms with van der Waals surface area (Å²) in [5.74, 6) is -0.878. The summed E-state index contributed by atoms with van der Waals surface area (Å²) >= 11 is 0. The molecule has 3 N–H and O–H groups in total. The topological polar surface area (TPSA) is 134 Å². The number of hydrogen-bond acceptors (Lipinski definition) is 8. The molecular formula is C73H114NO8P. The van der Waals surface area contributed by atoms with Gasteiger partial charge in [-0.15, -0.1) is 0 Å². The number of allylic oxidation sites excluding steroid dienone is 32. The summed E-state index contributed by atoms with van der Waals surface area (Å²) in [4.78, 5) is 35.2. The van der Waals surface area contributed by atoms with Gasteiger partial charge in [0.15, 0.2) is 6.10 Å². The highest BCUT2D eigenvalue weighted by atomic mass is 31.2. The molecule has 0 heterocycles. The zero-order valence-electron chi connectivity index (χ0n) is 51.8.